The zero-order valence-corrected chi connectivity index (χ0v) is 12.0. The molecule has 0 aliphatic carbocycles. The van der Waals surface area contributed by atoms with Gasteiger partial charge in [-0.3, -0.25) is 9.78 Å². The molecule has 0 bridgehead atoms. The summed E-state index contributed by atoms with van der Waals surface area (Å²) in [6.45, 7) is 2.05. The van der Waals surface area contributed by atoms with E-state index in [1.165, 1.54) is 0 Å². The number of nitrogens with zero attached hydrogens (tertiary/aromatic N) is 1. The van der Waals surface area contributed by atoms with Gasteiger partial charge in [0.15, 0.2) is 0 Å². The third-order valence-electron chi connectivity index (χ3n) is 2.77. The average molecular weight is 320 g/mol. The lowest BCUT2D eigenvalue weighted by molar-refractivity contribution is 0.0995. The van der Waals surface area contributed by atoms with E-state index in [1.54, 1.807) is 12.3 Å². The Labute approximate surface area is 120 Å². The molecule has 2 aromatic rings. The standard InChI is InChI=1S/C14H14BrN3O/c1-9(10-2-4-11(15)5-3-10)18-12-6-7-17-13(8-12)14(16)19/h2-9H,1H3,(H2,16,19)(H,17,18). The number of nitrogens with two attached hydrogens (primary N) is 1. The SMILES string of the molecule is CC(Nc1ccnc(C(N)=O)c1)c1ccc(Br)cc1. The second-order valence-corrected chi connectivity index (χ2v) is 5.13. The molecule has 1 aromatic heterocycles. The van der Waals surface area contributed by atoms with Gasteiger partial charge < -0.3 is 11.1 Å². The summed E-state index contributed by atoms with van der Waals surface area (Å²) in [5.74, 6) is -0.528. The Morgan fingerprint density at radius 1 is 1.32 bits per heavy atom. The minimum Gasteiger partial charge on any atom is -0.378 e. The van der Waals surface area contributed by atoms with Gasteiger partial charge in [-0.05, 0) is 36.8 Å². The summed E-state index contributed by atoms with van der Waals surface area (Å²) >= 11 is 3.41. The highest BCUT2D eigenvalue weighted by atomic mass is 79.9. The highest BCUT2D eigenvalue weighted by Crippen LogP contribution is 2.21. The molecule has 0 saturated carbocycles. The van der Waals surface area contributed by atoms with E-state index in [0.717, 1.165) is 15.7 Å². The highest BCUT2D eigenvalue weighted by Gasteiger charge is 2.07. The van der Waals surface area contributed by atoms with Crippen LogP contribution in [0.15, 0.2) is 47.1 Å². The van der Waals surface area contributed by atoms with E-state index in [2.05, 4.69) is 26.2 Å². The van der Waals surface area contributed by atoms with Crippen molar-refractivity contribution in [2.75, 3.05) is 5.32 Å². The Morgan fingerprint density at radius 2 is 2.00 bits per heavy atom. The molecule has 1 atom stereocenters. The van der Waals surface area contributed by atoms with E-state index in [0.29, 0.717) is 0 Å². The lowest BCUT2D eigenvalue weighted by Gasteiger charge is -2.16. The number of pyridine rings is 1. The lowest BCUT2D eigenvalue weighted by atomic mass is 10.1. The van der Waals surface area contributed by atoms with Crippen LogP contribution in [-0.4, -0.2) is 10.9 Å². The maximum atomic E-state index is 11.1. The molecule has 0 fully saturated rings. The summed E-state index contributed by atoms with van der Waals surface area (Å²) in [5, 5.41) is 3.31. The molecule has 0 aliphatic rings. The van der Waals surface area contributed by atoms with Gasteiger partial charge in [-0.25, -0.2) is 0 Å². The number of hydrogen-bond acceptors (Lipinski definition) is 3. The molecular weight excluding hydrogens is 306 g/mol. The Balaban J connectivity index is 2.14. The first-order chi connectivity index (χ1) is 9.06. The molecule has 0 spiro atoms. The maximum Gasteiger partial charge on any atom is 0.267 e. The molecule has 19 heavy (non-hydrogen) atoms. The summed E-state index contributed by atoms with van der Waals surface area (Å²) in [5.41, 5.74) is 7.44. The fourth-order valence-electron chi connectivity index (χ4n) is 1.74. The predicted molar refractivity (Wildman–Crippen MR) is 78.9 cm³/mol. The van der Waals surface area contributed by atoms with Gasteiger partial charge in [-0.15, -0.1) is 0 Å². The second kappa shape index (κ2) is 5.84. The Morgan fingerprint density at radius 3 is 2.63 bits per heavy atom. The summed E-state index contributed by atoms with van der Waals surface area (Å²) in [7, 11) is 0. The molecule has 1 unspecified atom stereocenters. The second-order valence-electron chi connectivity index (χ2n) is 4.21. The van der Waals surface area contributed by atoms with Crippen LogP contribution in [0.3, 0.4) is 0 Å². The maximum absolute atomic E-state index is 11.1. The minimum absolute atomic E-state index is 0.122. The molecule has 1 heterocycles. The van der Waals surface area contributed by atoms with Gasteiger partial charge in [-0.2, -0.15) is 0 Å². The Bertz CT molecular complexity index is 583. The van der Waals surface area contributed by atoms with Crippen molar-refractivity contribution in [3.8, 4) is 0 Å². The molecule has 0 aliphatic heterocycles. The molecule has 4 nitrogen and oxygen atoms in total. The largest absolute Gasteiger partial charge is 0.378 e. The van der Waals surface area contributed by atoms with Crippen LogP contribution in [0.5, 0.6) is 0 Å². The number of carbonyl (C=O) groups is 1. The van der Waals surface area contributed by atoms with Gasteiger partial charge in [-0.1, -0.05) is 28.1 Å². The molecular formula is C14H14BrN3O. The first-order valence-electron chi connectivity index (χ1n) is 5.84. The van der Waals surface area contributed by atoms with Crippen molar-refractivity contribution in [3.63, 3.8) is 0 Å². The van der Waals surface area contributed by atoms with Crippen LogP contribution in [0.25, 0.3) is 0 Å². The zero-order valence-electron chi connectivity index (χ0n) is 10.4. The molecule has 1 amide bonds. The van der Waals surface area contributed by atoms with Crippen LogP contribution in [-0.2, 0) is 0 Å². The smallest absolute Gasteiger partial charge is 0.267 e. The van der Waals surface area contributed by atoms with Crippen molar-refractivity contribution in [2.24, 2.45) is 5.73 Å². The van der Waals surface area contributed by atoms with Gasteiger partial charge >= 0.3 is 0 Å². The lowest BCUT2D eigenvalue weighted by Crippen LogP contribution is -2.14. The van der Waals surface area contributed by atoms with Crippen LogP contribution in [0.1, 0.15) is 29.0 Å². The number of halogens is 1. The van der Waals surface area contributed by atoms with Crippen molar-refractivity contribution >= 4 is 27.5 Å². The predicted octanol–water partition coefficient (Wildman–Crippen LogP) is 3.12. The summed E-state index contributed by atoms with van der Waals surface area (Å²) in [6.07, 6.45) is 1.57. The summed E-state index contributed by atoms with van der Waals surface area (Å²) in [6, 6.07) is 11.6. The third-order valence-corrected chi connectivity index (χ3v) is 3.29. The van der Waals surface area contributed by atoms with Crippen LogP contribution >= 0.6 is 15.9 Å². The van der Waals surface area contributed by atoms with E-state index in [1.807, 2.05) is 37.3 Å². The van der Waals surface area contributed by atoms with E-state index in [-0.39, 0.29) is 11.7 Å². The first-order valence-corrected chi connectivity index (χ1v) is 6.63. The van der Waals surface area contributed by atoms with Crippen molar-refractivity contribution < 1.29 is 4.79 Å². The summed E-state index contributed by atoms with van der Waals surface area (Å²) in [4.78, 5) is 15.0. The number of anilines is 1. The van der Waals surface area contributed by atoms with Crippen molar-refractivity contribution in [2.45, 2.75) is 13.0 Å². The molecule has 0 radical (unpaired) electrons. The molecule has 1 aromatic carbocycles. The fourth-order valence-corrected chi connectivity index (χ4v) is 2.00. The van der Waals surface area contributed by atoms with E-state index in [9.17, 15) is 4.79 Å². The number of aromatic nitrogens is 1. The van der Waals surface area contributed by atoms with Gasteiger partial charge in [0.1, 0.15) is 5.69 Å². The van der Waals surface area contributed by atoms with Crippen molar-refractivity contribution in [3.05, 3.63) is 58.3 Å². The number of hydrogen-bond donors (Lipinski definition) is 2. The minimum atomic E-state index is -0.528. The number of nitrogens with one attached hydrogen (secondary N) is 1. The number of benzene rings is 1. The van der Waals surface area contributed by atoms with Crippen molar-refractivity contribution in [1.82, 2.24) is 4.98 Å². The normalized spacial score (nSPS) is 11.9. The van der Waals surface area contributed by atoms with Gasteiger partial charge in [0.25, 0.3) is 5.91 Å². The average Bonchev–Trinajstić information content (AvgIpc) is 2.39. The Kier molecular flexibility index (Phi) is 4.16. The topological polar surface area (TPSA) is 68.0 Å². The molecule has 0 saturated heterocycles. The number of primary amides is 1. The van der Waals surface area contributed by atoms with Gasteiger partial charge in [0.05, 0.1) is 0 Å². The number of carbonyl (C=O) groups excluding carboxylic acids is 1. The quantitative estimate of drug-likeness (QED) is 0.909. The van der Waals surface area contributed by atoms with Crippen LogP contribution in [0, 0.1) is 0 Å². The Hall–Kier alpha value is -1.88. The van der Waals surface area contributed by atoms with Crippen LogP contribution in [0.4, 0.5) is 5.69 Å². The van der Waals surface area contributed by atoms with Crippen LogP contribution < -0.4 is 11.1 Å². The zero-order chi connectivity index (χ0) is 13.8. The van der Waals surface area contributed by atoms with Gasteiger partial charge in [0, 0.05) is 22.4 Å². The van der Waals surface area contributed by atoms with E-state index >= 15 is 0 Å². The van der Waals surface area contributed by atoms with E-state index < -0.39 is 5.91 Å². The number of rotatable bonds is 4. The molecule has 2 rings (SSSR count). The van der Waals surface area contributed by atoms with Gasteiger partial charge in [0.2, 0.25) is 0 Å². The monoisotopic (exact) mass is 319 g/mol. The summed E-state index contributed by atoms with van der Waals surface area (Å²) < 4.78 is 1.04. The van der Waals surface area contributed by atoms with Crippen LogP contribution in [0.2, 0.25) is 0 Å². The van der Waals surface area contributed by atoms with Crippen molar-refractivity contribution in [1.29, 1.82) is 0 Å². The molecule has 5 heteroatoms. The molecule has 3 N–H and O–H groups in total. The fraction of sp³-hybridized carbons (Fsp3) is 0.143. The highest BCUT2D eigenvalue weighted by molar-refractivity contribution is 9.10. The first kappa shape index (κ1) is 13.5. The number of amides is 1. The van der Waals surface area contributed by atoms with E-state index in [4.69, 9.17) is 5.73 Å². The molecule has 98 valence electrons. The third kappa shape index (κ3) is 3.54.